The summed E-state index contributed by atoms with van der Waals surface area (Å²) >= 11 is 0. The van der Waals surface area contributed by atoms with E-state index in [2.05, 4.69) is 16.4 Å². The maximum absolute atomic E-state index is 12.6. The van der Waals surface area contributed by atoms with Gasteiger partial charge in [-0.3, -0.25) is 9.78 Å². The lowest BCUT2D eigenvalue weighted by molar-refractivity contribution is -0.129. The highest BCUT2D eigenvalue weighted by Crippen LogP contribution is 2.47. The van der Waals surface area contributed by atoms with Crippen LogP contribution in [0.2, 0.25) is 0 Å². The average molecular weight is 326 g/mol. The molecule has 24 heavy (non-hydrogen) atoms. The van der Waals surface area contributed by atoms with E-state index in [4.69, 9.17) is 0 Å². The van der Waals surface area contributed by atoms with Crippen molar-refractivity contribution >= 4 is 16.8 Å². The molecule has 1 atom stereocenters. The minimum atomic E-state index is -0.592. The number of amides is 1. The number of carbonyl (C=O) groups excluding carboxylic acids is 1. The summed E-state index contributed by atoms with van der Waals surface area (Å²) in [6.45, 7) is -0.102. The van der Waals surface area contributed by atoms with E-state index >= 15 is 0 Å². The van der Waals surface area contributed by atoms with Gasteiger partial charge >= 0.3 is 0 Å². The van der Waals surface area contributed by atoms with Crippen LogP contribution in [0.5, 0.6) is 0 Å². The van der Waals surface area contributed by atoms with Crippen molar-refractivity contribution in [2.75, 3.05) is 6.61 Å². The fourth-order valence-electron chi connectivity index (χ4n) is 3.54. The fourth-order valence-corrected chi connectivity index (χ4v) is 3.54. The third-order valence-electron chi connectivity index (χ3n) is 5.52. The van der Waals surface area contributed by atoms with Crippen LogP contribution in [0, 0.1) is 11.3 Å². The lowest BCUT2D eigenvalue weighted by atomic mass is 9.75. The summed E-state index contributed by atoms with van der Waals surface area (Å²) in [7, 11) is 0. The second-order valence-corrected chi connectivity index (χ2v) is 7.24. The van der Waals surface area contributed by atoms with Gasteiger partial charge in [0.25, 0.3) is 0 Å². The van der Waals surface area contributed by atoms with Gasteiger partial charge in [-0.15, -0.1) is 0 Å². The number of pyridine rings is 1. The first-order valence-corrected chi connectivity index (χ1v) is 8.56. The van der Waals surface area contributed by atoms with Crippen molar-refractivity contribution in [2.45, 2.75) is 37.8 Å². The number of aliphatic hydroxyl groups is 2. The zero-order valence-electron chi connectivity index (χ0n) is 13.5. The number of hydrogen-bond acceptors (Lipinski definition) is 4. The second kappa shape index (κ2) is 5.83. The largest absolute Gasteiger partial charge is 0.395 e. The van der Waals surface area contributed by atoms with Crippen LogP contribution in [0.1, 0.15) is 37.3 Å². The molecule has 0 radical (unpaired) electrons. The minimum absolute atomic E-state index is 0.0791. The van der Waals surface area contributed by atoms with Crippen LogP contribution in [0.15, 0.2) is 36.5 Å². The van der Waals surface area contributed by atoms with Crippen molar-refractivity contribution < 1.29 is 15.0 Å². The van der Waals surface area contributed by atoms with Gasteiger partial charge in [-0.1, -0.05) is 18.2 Å². The predicted octanol–water partition coefficient (Wildman–Crippen LogP) is 1.94. The average Bonchev–Trinajstić information content (AvgIpc) is 3.38. The molecule has 5 nitrogen and oxygen atoms in total. The van der Waals surface area contributed by atoms with Gasteiger partial charge in [0.2, 0.25) is 5.91 Å². The van der Waals surface area contributed by atoms with Gasteiger partial charge in [0.15, 0.2) is 0 Å². The molecule has 4 rings (SSSR count). The third kappa shape index (κ3) is 2.68. The number of hydrogen-bond donors (Lipinski definition) is 3. The van der Waals surface area contributed by atoms with E-state index in [9.17, 15) is 15.0 Å². The summed E-state index contributed by atoms with van der Waals surface area (Å²) in [5, 5.41) is 23.3. The Kier molecular flexibility index (Phi) is 3.77. The molecule has 1 amide bonds. The van der Waals surface area contributed by atoms with Gasteiger partial charge in [0, 0.05) is 11.6 Å². The van der Waals surface area contributed by atoms with Crippen LogP contribution in [-0.4, -0.2) is 33.8 Å². The van der Waals surface area contributed by atoms with Crippen molar-refractivity contribution in [1.29, 1.82) is 0 Å². The fraction of sp³-hybridized carbons (Fsp3) is 0.474. The summed E-state index contributed by atoms with van der Waals surface area (Å²) in [5.74, 6) is 0.131. The lowest BCUT2D eigenvalue weighted by Crippen LogP contribution is -2.44. The summed E-state index contributed by atoms with van der Waals surface area (Å²) in [4.78, 5) is 17.1. The van der Waals surface area contributed by atoms with E-state index in [1.807, 2.05) is 30.5 Å². The number of rotatable bonds is 5. The van der Waals surface area contributed by atoms with Crippen LogP contribution in [0.25, 0.3) is 10.9 Å². The predicted molar refractivity (Wildman–Crippen MR) is 90.1 cm³/mol. The minimum Gasteiger partial charge on any atom is -0.395 e. The summed E-state index contributed by atoms with van der Waals surface area (Å²) in [6.07, 6.45) is 4.39. The number of nitrogens with zero attached hydrogens (tertiary/aromatic N) is 1. The summed E-state index contributed by atoms with van der Waals surface area (Å²) < 4.78 is 0. The molecule has 1 aromatic carbocycles. The number of aliphatic hydroxyl groups excluding tert-OH is 2. The second-order valence-electron chi connectivity index (χ2n) is 7.24. The molecule has 2 saturated carbocycles. The van der Waals surface area contributed by atoms with Crippen LogP contribution in [0.4, 0.5) is 0 Å². The first-order valence-electron chi connectivity index (χ1n) is 8.56. The van der Waals surface area contributed by atoms with Crippen LogP contribution in [-0.2, 0) is 4.79 Å². The smallest absolute Gasteiger partial charge is 0.229 e. The Morgan fingerprint density at radius 2 is 2.08 bits per heavy atom. The third-order valence-corrected chi connectivity index (χ3v) is 5.52. The van der Waals surface area contributed by atoms with E-state index in [0.29, 0.717) is 12.8 Å². The van der Waals surface area contributed by atoms with Gasteiger partial charge < -0.3 is 15.5 Å². The molecule has 0 saturated heterocycles. The van der Waals surface area contributed by atoms with Crippen LogP contribution < -0.4 is 5.32 Å². The normalized spacial score (nSPS) is 25.8. The Morgan fingerprint density at radius 1 is 1.33 bits per heavy atom. The van der Waals surface area contributed by atoms with Crippen molar-refractivity contribution in [3.8, 4) is 0 Å². The van der Waals surface area contributed by atoms with E-state index in [0.717, 1.165) is 29.3 Å². The van der Waals surface area contributed by atoms with E-state index in [1.54, 1.807) is 0 Å². The molecule has 2 aromatic rings. The van der Waals surface area contributed by atoms with Crippen molar-refractivity contribution in [3.05, 3.63) is 42.1 Å². The highest BCUT2D eigenvalue weighted by Gasteiger charge is 2.50. The Hall–Kier alpha value is -1.98. The standard InChI is InChI=1S/C19H22N2O3/c22-11-19(5-6-19)18(24)21-17(13-8-15(23)9-13)14-7-12-3-1-2-4-16(12)20-10-14/h1-4,7,10,13,15,17,22-23H,5-6,8-9,11H2,(H,21,24). The number of carbonyl (C=O) groups is 1. The molecule has 0 aliphatic heterocycles. The maximum atomic E-state index is 12.6. The Labute approximate surface area is 140 Å². The molecule has 5 heteroatoms. The lowest BCUT2D eigenvalue weighted by Gasteiger charge is -2.38. The molecule has 1 heterocycles. The molecule has 3 N–H and O–H groups in total. The number of aromatic nitrogens is 1. The number of para-hydroxylation sites is 1. The number of benzene rings is 1. The van der Waals surface area contributed by atoms with Gasteiger partial charge in [0.1, 0.15) is 0 Å². The first kappa shape index (κ1) is 15.5. The molecule has 2 aliphatic rings. The molecule has 2 fully saturated rings. The Bertz CT molecular complexity index is 766. The van der Waals surface area contributed by atoms with Gasteiger partial charge in [-0.25, -0.2) is 0 Å². The first-order chi connectivity index (χ1) is 11.6. The molecular weight excluding hydrogens is 304 g/mol. The van der Waals surface area contributed by atoms with Crippen LogP contribution in [0.3, 0.4) is 0 Å². The van der Waals surface area contributed by atoms with E-state index in [1.165, 1.54) is 0 Å². The van der Waals surface area contributed by atoms with Crippen molar-refractivity contribution in [3.63, 3.8) is 0 Å². The number of nitrogens with one attached hydrogen (secondary N) is 1. The SMILES string of the molecule is O=C(NC(c1cnc2ccccc2c1)C1CC(O)C1)C1(CO)CC1. The molecule has 2 aliphatic carbocycles. The van der Waals surface area contributed by atoms with Crippen LogP contribution >= 0.6 is 0 Å². The molecule has 0 bridgehead atoms. The van der Waals surface area contributed by atoms with E-state index < -0.39 is 5.41 Å². The highest BCUT2D eigenvalue weighted by atomic mass is 16.3. The van der Waals surface area contributed by atoms with Gasteiger partial charge in [-0.2, -0.15) is 0 Å². The van der Waals surface area contributed by atoms with Crippen molar-refractivity contribution in [2.24, 2.45) is 11.3 Å². The quantitative estimate of drug-likeness (QED) is 0.784. The Morgan fingerprint density at radius 3 is 2.75 bits per heavy atom. The van der Waals surface area contributed by atoms with Crippen molar-refractivity contribution in [1.82, 2.24) is 10.3 Å². The Balaban J connectivity index is 1.62. The number of fused-ring (bicyclic) bond motifs is 1. The highest BCUT2D eigenvalue weighted by molar-refractivity contribution is 5.86. The van der Waals surface area contributed by atoms with Gasteiger partial charge in [-0.05, 0) is 49.3 Å². The topological polar surface area (TPSA) is 82.5 Å². The molecule has 0 spiro atoms. The monoisotopic (exact) mass is 326 g/mol. The summed E-state index contributed by atoms with van der Waals surface area (Å²) in [5.41, 5.74) is 1.30. The maximum Gasteiger partial charge on any atom is 0.229 e. The zero-order valence-corrected chi connectivity index (χ0v) is 13.5. The van der Waals surface area contributed by atoms with Gasteiger partial charge in [0.05, 0.1) is 29.7 Å². The van der Waals surface area contributed by atoms with E-state index in [-0.39, 0.29) is 30.6 Å². The molecule has 1 aromatic heterocycles. The molecule has 1 unspecified atom stereocenters. The summed E-state index contributed by atoms with van der Waals surface area (Å²) in [6, 6.07) is 9.80. The molecule has 126 valence electrons. The molecular formula is C19H22N2O3. The zero-order chi connectivity index (χ0) is 16.7.